The first-order chi connectivity index (χ1) is 13.2. The summed E-state index contributed by atoms with van der Waals surface area (Å²) < 4.78 is 0. The average Bonchev–Trinajstić information content (AvgIpc) is 2.66. The van der Waals surface area contributed by atoms with Gasteiger partial charge in [0.1, 0.15) is 0 Å². The number of nitro benzene ring substituents is 1. The monoisotopic (exact) mass is 392 g/mol. The number of nitro groups is 1. The van der Waals surface area contributed by atoms with Crippen LogP contribution in [-0.4, -0.2) is 39.7 Å². The highest BCUT2D eigenvalue weighted by molar-refractivity contribution is 5.85. The van der Waals surface area contributed by atoms with Crippen LogP contribution in [0.25, 0.3) is 0 Å². The van der Waals surface area contributed by atoms with E-state index in [0.29, 0.717) is 19.3 Å². The maximum Gasteiger partial charge on any atom is 0.307 e. The number of hydrogen-bond acceptors (Lipinski definition) is 5. The van der Waals surface area contributed by atoms with Crippen LogP contribution >= 0.6 is 0 Å². The molecule has 2 rings (SSSR count). The van der Waals surface area contributed by atoms with E-state index in [-0.39, 0.29) is 30.0 Å². The number of nitrogens with zero attached hydrogens (tertiary/aromatic N) is 1. The second-order valence-electron chi connectivity index (χ2n) is 7.73. The highest BCUT2D eigenvalue weighted by Crippen LogP contribution is 2.34. The van der Waals surface area contributed by atoms with E-state index >= 15 is 0 Å². The van der Waals surface area contributed by atoms with Gasteiger partial charge in [-0.1, -0.05) is 26.0 Å². The number of amides is 1. The molecule has 0 aliphatic heterocycles. The quantitative estimate of drug-likeness (QED) is 0.461. The Kier molecular flexibility index (Phi) is 7.51. The Morgan fingerprint density at radius 1 is 1.25 bits per heavy atom. The number of hydrogen-bond donors (Lipinski definition) is 3. The van der Waals surface area contributed by atoms with Crippen LogP contribution in [0, 0.1) is 27.9 Å². The fourth-order valence-corrected chi connectivity index (χ4v) is 3.98. The summed E-state index contributed by atoms with van der Waals surface area (Å²) in [7, 11) is 0. The molecule has 3 N–H and O–H groups in total. The maximum atomic E-state index is 12.8. The molecule has 0 aromatic heterocycles. The van der Waals surface area contributed by atoms with Gasteiger partial charge in [-0.3, -0.25) is 19.7 Å². The number of aliphatic hydroxyl groups excluding tert-OH is 1. The fraction of sp³-hybridized carbons (Fsp3) is 0.600. The third kappa shape index (κ3) is 5.28. The van der Waals surface area contributed by atoms with Crippen LogP contribution in [0.15, 0.2) is 24.3 Å². The smallest absolute Gasteiger partial charge is 0.307 e. The van der Waals surface area contributed by atoms with Gasteiger partial charge in [-0.25, -0.2) is 0 Å². The minimum absolute atomic E-state index is 0.0145. The summed E-state index contributed by atoms with van der Waals surface area (Å²) in [5, 5.41) is 32.7. The van der Waals surface area contributed by atoms with Crippen LogP contribution in [0.2, 0.25) is 0 Å². The van der Waals surface area contributed by atoms with Crippen LogP contribution in [0.4, 0.5) is 5.69 Å². The maximum absolute atomic E-state index is 12.8. The second kappa shape index (κ2) is 9.64. The molecule has 1 aliphatic carbocycles. The van der Waals surface area contributed by atoms with E-state index in [1.807, 2.05) is 13.8 Å². The lowest BCUT2D eigenvalue weighted by Crippen LogP contribution is -2.46. The Morgan fingerprint density at radius 2 is 1.89 bits per heavy atom. The van der Waals surface area contributed by atoms with Crippen molar-refractivity contribution in [3.8, 4) is 0 Å². The number of carbonyl (C=O) groups is 2. The summed E-state index contributed by atoms with van der Waals surface area (Å²) in [5.41, 5.74) is 0.788. The molecule has 1 aromatic carbocycles. The molecule has 3 unspecified atom stereocenters. The number of carbonyl (C=O) groups excluding carboxylic acids is 1. The van der Waals surface area contributed by atoms with Gasteiger partial charge >= 0.3 is 5.97 Å². The molecule has 8 nitrogen and oxygen atoms in total. The number of nitrogens with one attached hydrogen (secondary N) is 1. The number of rotatable bonds is 8. The van der Waals surface area contributed by atoms with Crippen molar-refractivity contribution in [2.24, 2.45) is 17.8 Å². The predicted octanol–water partition coefficient (Wildman–Crippen LogP) is 2.70. The Labute approximate surface area is 164 Å². The Hall–Kier alpha value is -2.48. The van der Waals surface area contributed by atoms with E-state index in [2.05, 4.69) is 5.32 Å². The normalized spacial score (nSPS) is 24.2. The van der Waals surface area contributed by atoms with E-state index < -0.39 is 28.8 Å². The molecule has 1 saturated carbocycles. The summed E-state index contributed by atoms with van der Waals surface area (Å²) in [4.78, 5) is 34.8. The van der Waals surface area contributed by atoms with Gasteiger partial charge in [-0.2, -0.15) is 0 Å². The third-order valence-corrected chi connectivity index (χ3v) is 5.77. The van der Waals surface area contributed by atoms with Gasteiger partial charge in [0.25, 0.3) is 5.69 Å². The van der Waals surface area contributed by atoms with E-state index in [9.17, 15) is 29.9 Å². The highest BCUT2D eigenvalue weighted by atomic mass is 16.6. The lowest BCUT2D eigenvalue weighted by Gasteiger charge is -2.33. The molecule has 0 spiro atoms. The van der Waals surface area contributed by atoms with Crippen molar-refractivity contribution in [3.05, 3.63) is 39.9 Å². The molecule has 1 aliphatic rings. The van der Waals surface area contributed by atoms with Crippen molar-refractivity contribution in [3.63, 3.8) is 0 Å². The molecule has 1 aromatic rings. The highest BCUT2D eigenvalue weighted by Gasteiger charge is 2.39. The molecule has 1 fully saturated rings. The van der Waals surface area contributed by atoms with Gasteiger partial charge in [0.2, 0.25) is 5.91 Å². The van der Waals surface area contributed by atoms with Crippen molar-refractivity contribution in [1.82, 2.24) is 5.32 Å². The van der Waals surface area contributed by atoms with E-state index in [0.717, 1.165) is 12.0 Å². The number of aliphatic hydroxyl groups is 1. The summed E-state index contributed by atoms with van der Waals surface area (Å²) in [6.45, 7) is 3.74. The average molecular weight is 392 g/mol. The number of carboxylic acids is 1. The van der Waals surface area contributed by atoms with Crippen LogP contribution in [0.1, 0.15) is 51.0 Å². The summed E-state index contributed by atoms with van der Waals surface area (Å²) >= 11 is 0. The Balaban J connectivity index is 2.13. The van der Waals surface area contributed by atoms with Gasteiger partial charge in [-0.05, 0) is 37.2 Å². The minimum Gasteiger partial charge on any atom is -0.481 e. The van der Waals surface area contributed by atoms with Crippen molar-refractivity contribution in [2.45, 2.75) is 51.5 Å². The summed E-state index contributed by atoms with van der Waals surface area (Å²) in [5.74, 6) is -2.45. The fourth-order valence-electron chi connectivity index (χ4n) is 3.98. The zero-order chi connectivity index (χ0) is 20.8. The van der Waals surface area contributed by atoms with Crippen LogP contribution < -0.4 is 5.32 Å². The lowest BCUT2D eigenvalue weighted by molar-refractivity contribution is -0.384. The van der Waals surface area contributed by atoms with E-state index in [4.69, 9.17) is 0 Å². The largest absolute Gasteiger partial charge is 0.481 e. The van der Waals surface area contributed by atoms with Gasteiger partial charge in [0.15, 0.2) is 0 Å². The molecule has 0 heterocycles. The summed E-state index contributed by atoms with van der Waals surface area (Å²) in [6, 6.07) is 5.70. The van der Waals surface area contributed by atoms with Crippen molar-refractivity contribution in [2.75, 3.05) is 6.61 Å². The summed E-state index contributed by atoms with van der Waals surface area (Å²) in [6.07, 6.45) is 2.13. The molecule has 0 saturated heterocycles. The van der Waals surface area contributed by atoms with Crippen LogP contribution in [-0.2, 0) is 9.59 Å². The SMILES string of the molecule is CC1CCC(C(=O)N[C@@H](CCO)[C@@H](C)c2ccc([N+](=O)[O-])cc2)C(C(=O)O)C1. The number of carboxylic acid groups (broad SMARTS) is 1. The standard InChI is InChI=1S/C20H28N2O6/c1-12-3-8-16(17(11-12)20(25)26)19(24)21-18(9-10-23)13(2)14-4-6-15(7-5-14)22(27)28/h4-7,12-13,16-18,23H,3,8-11H2,1-2H3,(H,21,24)(H,25,26)/t12?,13-,16?,17?,18-/m0/s1. The zero-order valence-electron chi connectivity index (χ0n) is 16.2. The molecular formula is C20H28N2O6. The minimum atomic E-state index is -0.950. The predicted molar refractivity (Wildman–Crippen MR) is 103 cm³/mol. The molecule has 1 amide bonds. The van der Waals surface area contributed by atoms with Gasteiger partial charge in [0, 0.05) is 30.7 Å². The van der Waals surface area contributed by atoms with E-state index in [1.165, 1.54) is 12.1 Å². The lowest BCUT2D eigenvalue weighted by atomic mass is 9.74. The molecule has 0 radical (unpaired) electrons. The molecule has 154 valence electrons. The first-order valence-electron chi connectivity index (χ1n) is 9.63. The van der Waals surface area contributed by atoms with Crippen molar-refractivity contribution >= 4 is 17.6 Å². The van der Waals surface area contributed by atoms with Crippen LogP contribution in [0.5, 0.6) is 0 Å². The van der Waals surface area contributed by atoms with Crippen molar-refractivity contribution in [1.29, 1.82) is 0 Å². The van der Waals surface area contributed by atoms with Gasteiger partial charge in [-0.15, -0.1) is 0 Å². The number of aliphatic carboxylic acids is 1. The number of non-ortho nitro benzene ring substituents is 1. The topological polar surface area (TPSA) is 130 Å². The first kappa shape index (κ1) is 21.8. The molecule has 5 atom stereocenters. The first-order valence-corrected chi connectivity index (χ1v) is 9.63. The van der Waals surface area contributed by atoms with Gasteiger partial charge < -0.3 is 15.5 Å². The molecule has 0 bridgehead atoms. The molecular weight excluding hydrogens is 364 g/mol. The van der Waals surface area contributed by atoms with E-state index in [1.54, 1.807) is 12.1 Å². The Bertz CT molecular complexity index is 705. The molecule has 28 heavy (non-hydrogen) atoms. The Morgan fingerprint density at radius 3 is 2.43 bits per heavy atom. The zero-order valence-corrected chi connectivity index (χ0v) is 16.2. The number of benzene rings is 1. The second-order valence-corrected chi connectivity index (χ2v) is 7.73. The van der Waals surface area contributed by atoms with Crippen LogP contribution in [0.3, 0.4) is 0 Å². The van der Waals surface area contributed by atoms with Gasteiger partial charge in [0.05, 0.1) is 16.8 Å². The van der Waals surface area contributed by atoms with Crippen molar-refractivity contribution < 1.29 is 24.7 Å². The third-order valence-electron chi connectivity index (χ3n) is 5.77. The molecule has 8 heteroatoms.